The summed E-state index contributed by atoms with van der Waals surface area (Å²) in [5.41, 5.74) is 0.891. The van der Waals surface area contributed by atoms with E-state index in [-0.39, 0.29) is 11.8 Å². The van der Waals surface area contributed by atoms with Gasteiger partial charge in [-0.25, -0.2) is 0 Å². The number of rotatable bonds is 6. The van der Waals surface area contributed by atoms with E-state index in [1.54, 1.807) is 24.3 Å². The smallest absolute Gasteiger partial charge is 0.317 e. The van der Waals surface area contributed by atoms with Crippen LogP contribution in [0.4, 0.5) is 0 Å². The molecular weight excluding hydrogens is 326 g/mol. The average molecular weight is 340 g/mol. The fraction of sp³-hybridized carbons (Fsp3) is 0.357. The summed E-state index contributed by atoms with van der Waals surface area (Å²) in [6, 6.07) is 6.76. The van der Waals surface area contributed by atoms with Gasteiger partial charge in [0.25, 0.3) is 11.8 Å². The third kappa shape index (κ3) is 2.90. The number of fused-ring (bicyclic) bond motifs is 1. The topological polar surface area (TPSA) is 74.7 Å². The van der Waals surface area contributed by atoms with Crippen molar-refractivity contribution in [2.24, 2.45) is 0 Å². The van der Waals surface area contributed by atoms with Crippen LogP contribution in [0.1, 0.15) is 40.0 Å². The molecular formula is C14H14BrNO4. The third-order valence-corrected chi connectivity index (χ3v) is 4.08. The van der Waals surface area contributed by atoms with Crippen molar-refractivity contribution in [3.8, 4) is 0 Å². The molecule has 0 fully saturated rings. The Morgan fingerprint density at radius 1 is 1.15 bits per heavy atom. The molecule has 0 radical (unpaired) electrons. The summed E-state index contributed by atoms with van der Waals surface area (Å²) in [5.74, 6) is -1.43. The molecule has 1 aromatic rings. The molecule has 0 bridgehead atoms. The standard InChI is InChI=1S/C14H14BrNO4/c15-11(14(19)20)7-3-4-8-16-12(17)9-5-1-2-6-10(9)13(16)18/h1-2,5-6,11H,3-4,7-8H2,(H,19,20). The SMILES string of the molecule is O=C(O)C(Br)CCCCN1C(=O)c2ccccc2C1=O. The van der Waals surface area contributed by atoms with E-state index in [0.29, 0.717) is 36.9 Å². The molecule has 1 aromatic carbocycles. The monoisotopic (exact) mass is 339 g/mol. The number of benzene rings is 1. The van der Waals surface area contributed by atoms with Crippen molar-refractivity contribution in [1.82, 2.24) is 4.90 Å². The molecule has 1 aliphatic heterocycles. The molecule has 1 atom stereocenters. The number of halogens is 1. The molecule has 0 spiro atoms. The maximum atomic E-state index is 12.0. The lowest BCUT2D eigenvalue weighted by Gasteiger charge is -2.13. The number of carboxylic acids is 1. The van der Waals surface area contributed by atoms with Gasteiger partial charge in [-0.15, -0.1) is 0 Å². The summed E-state index contributed by atoms with van der Waals surface area (Å²) in [6.45, 7) is 0.325. The van der Waals surface area contributed by atoms with E-state index in [1.165, 1.54) is 4.90 Å². The highest BCUT2D eigenvalue weighted by Crippen LogP contribution is 2.23. The Kier molecular flexibility index (Phi) is 4.54. The Morgan fingerprint density at radius 2 is 1.70 bits per heavy atom. The molecule has 5 nitrogen and oxygen atoms in total. The van der Waals surface area contributed by atoms with Crippen LogP contribution in [-0.4, -0.2) is 39.2 Å². The van der Waals surface area contributed by atoms with Gasteiger partial charge in [0.1, 0.15) is 4.83 Å². The quantitative estimate of drug-likeness (QED) is 0.490. The first-order valence-electron chi connectivity index (χ1n) is 6.34. The van der Waals surface area contributed by atoms with Crippen molar-refractivity contribution >= 4 is 33.7 Å². The van der Waals surface area contributed by atoms with Crippen molar-refractivity contribution in [2.75, 3.05) is 6.54 Å². The number of unbranched alkanes of at least 4 members (excludes halogenated alkanes) is 1. The van der Waals surface area contributed by atoms with Crippen LogP contribution in [0.5, 0.6) is 0 Å². The molecule has 0 aliphatic carbocycles. The molecule has 2 amide bonds. The van der Waals surface area contributed by atoms with Gasteiger partial charge in [0.15, 0.2) is 0 Å². The highest BCUT2D eigenvalue weighted by Gasteiger charge is 2.34. The minimum absolute atomic E-state index is 0.265. The second-order valence-electron chi connectivity index (χ2n) is 4.61. The maximum absolute atomic E-state index is 12.0. The van der Waals surface area contributed by atoms with Crippen LogP contribution in [0.25, 0.3) is 0 Å². The van der Waals surface area contributed by atoms with Crippen LogP contribution in [0.15, 0.2) is 24.3 Å². The van der Waals surface area contributed by atoms with Crippen LogP contribution < -0.4 is 0 Å². The summed E-state index contributed by atoms with van der Waals surface area (Å²) in [4.78, 5) is 35.4. The van der Waals surface area contributed by atoms with Gasteiger partial charge >= 0.3 is 5.97 Å². The Hall–Kier alpha value is -1.69. The number of carbonyl (C=O) groups is 3. The van der Waals surface area contributed by atoms with Crippen molar-refractivity contribution in [3.63, 3.8) is 0 Å². The van der Waals surface area contributed by atoms with Gasteiger partial charge in [0, 0.05) is 6.54 Å². The number of imide groups is 1. The molecule has 1 heterocycles. The minimum Gasteiger partial charge on any atom is -0.480 e. The van der Waals surface area contributed by atoms with Crippen molar-refractivity contribution in [3.05, 3.63) is 35.4 Å². The normalized spacial score (nSPS) is 15.3. The van der Waals surface area contributed by atoms with E-state index in [0.717, 1.165) is 0 Å². The van der Waals surface area contributed by atoms with E-state index >= 15 is 0 Å². The molecule has 1 unspecified atom stereocenters. The third-order valence-electron chi connectivity index (χ3n) is 3.24. The van der Waals surface area contributed by atoms with E-state index in [1.807, 2.05) is 0 Å². The van der Waals surface area contributed by atoms with Crippen LogP contribution in [0.3, 0.4) is 0 Å². The first-order chi connectivity index (χ1) is 9.52. The average Bonchev–Trinajstić information content (AvgIpc) is 2.68. The molecule has 6 heteroatoms. The van der Waals surface area contributed by atoms with E-state index in [9.17, 15) is 14.4 Å². The zero-order chi connectivity index (χ0) is 14.7. The molecule has 2 rings (SSSR count). The number of alkyl halides is 1. The minimum atomic E-state index is -0.897. The number of hydrogen-bond acceptors (Lipinski definition) is 3. The van der Waals surface area contributed by atoms with Crippen molar-refractivity contribution < 1.29 is 19.5 Å². The van der Waals surface area contributed by atoms with Crippen molar-refractivity contribution in [1.29, 1.82) is 0 Å². The Labute approximate surface area is 124 Å². The van der Waals surface area contributed by atoms with Crippen molar-refractivity contribution in [2.45, 2.75) is 24.1 Å². The van der Waals surface area contributed by atoms with Gasteiger partial charge in [0.2, 0.25) is 0 Å². The first-order valence-corrected chi connectivity index (χ1v) is 7.26. The van der Waals surface area contributed by atoms with Gasteiger partial charge in [-0.1, -0.05) is 28.1 Å². The zero-order valence-electron chi connectivity index (χ0n) is 10.7. The molecule has 20 heavy (non-hydrogen) atoms. The molecule has 0 aromatic heterocycles. The van der Waals surface area contributed by atoms with Gasteiger partial charge in [-0.05, 0) is 31.4 Å². The van der Waals surface area contributed by atoms with E-state index < -0.39 is 10.8 Å². The van der Waals surface area contributed by atoms with E-state index in [4.69, 9.17) is 5.11 Å². The Morgan fingerprint density at radius 3 is 2.20 bits per heavy atom. The van der Waals surface area contributed by atoms with Crippen LogP contribution >= 0.6 is 15.9 Å². The number of hydrogen-bond donors (Lipinski definition) is 1. The summed E-state index contributed by atoms with van der Waals surface area (Å²) >= 11 is 3.06. The van der Waals surface area contributed by atoms with Crippen LogP contribution in [0.2, 0.25) is 0 Å². The highest BCUT2D eigenvalue weighted by atomic mass is 79.9. The summed E-state index contributed by atoms with van der Waals surface area (Å²) < 4.78 is 0. The molecule has 0 saturated heterocycles. The van der Waals surface area contributed by atoms with Gasteiger partial charge in [-0.3, -0.25) is 19.3 Å². The zero-order valence-corrected chi connectivity index (χ0v) is 12.3. The Bertz CT molecular complexity index is 523. The first kappa shape index (κ1) is 14.7. The molecule has 0 saturated carbocycles. The van der Waals surface area contributed by atoms with Crippen LogP contribution in [-0.2, 0) is 4.79 Å². The fourth-order valence-electron chi connectivity index (χ4n) is 2.16. The lowest BCUT2D eigenvalue weighted by Crippen LogP contribution is -2.30. The maximum Gasteiger partial charge on any atom is 0.317 e. The Balaban J connectivity index is 1.88. The van der Waals surface area contributed by atoms with E-state index in [2.05, 4.69) is 15.9 Å². The summed E-state index contributed by atoms with van der Waals surface area (Å²) in [6.07, 6.45) is 1.70. The lowest BCUT2D eigenvalue weighted by atomic mass is 10.1. The molecule has 106 valence electrons. The number of carboxylic acid groups (broad SMARTS) is 1. The number of aliphatic carboxylic acids is 1. The number of carbonyl (C=O) groups excluding carboxylic acids is 2. The second kappa shape index (κ2) is 6.17. The van der Waals surface area contributed by atoms with Gasteiger partial charge < -0.3 is 5.11 Å². The second-order valence-corrected chi connectivity index (χ2v) is 5.71. The predicted molar refractivity (Wildman–Crippen MR) is 76.0 cm³/mol. The highest BCUT2D eigenvalue weighted by molar-refractivity contribution is 9.10. The fourth-order valence-corrected chi connectivity index (χ4v) is 2.48. The summed E-state index contributed by atoms with van der Waals surface area (Å²) in [5, 5.41) is 8.73. The largest absolute Gasteiger partial charge is 0.480 e. The lowest BCUT2D eigenvalue weighted by molar-refractivity contribution is -0.136. The van der Waals surface area contributed by atoms with Gasteiger partial charge in [0.05, 0.1) is 11.1 Å². The van der Waals surface area contributed by atoms with Gasteiger partial charge in [-0.2, -0.15) is 0 Å². The number of amides is 2. The number of nitrogens with zero attached hydrogens (tertiary/aromatic N) is 1. The van der Waals surface area contributed by atoms with Crippen LogP contribution in [0, 0.1) is 0 Å². The molecule has 1 aliphatic rings. The molecule has 1 N–H and O–H groups in total. The predicted octanol–water partition coefficient (Wildman–Crippen LogP) is 2.30. The summed E-state index contributed by atoms with van der Waals surface area (Å²) in [7, 11) is 0.